The molecule has 2 radical (unpaired) electrons. The summed E-state index contributed by atoms with van der Waals surface area (Å²) in [5.74, 6) is -0.675. The third-order valence-corrected chi connectivity index (χ3v) is 2.49. The zero-order valence-corrected chi connectivity index (χ0v) is 20.7. The number of aliphatic hydroxyl groups excluding tert-OH is 3. The van der Waals surface area contributed by atoms with E-state index in [-0.39, 0.29) is 165 Å². The van der Waals surface area contributed by atoms with Gasteiger partial charge in [-0.1, -0.05) is 74.3 Å². The third kappa shape index (κ3) is 95.3. The minimum Gasteiger partial charge on any atom is -0.466 e. The summed E-state index contributed by atoms with van der Waals surface area (Å²) in [4.78, 5) is 20.6. The van der Waals surface area contributed by atoms with Crippen molar-refractivity contribution in [3.63, 3.8) is 0 Å². The summed E-state index contributed by atoms with van der Waals surface area (Å²) in [6.07, 6.45) is 5.00. The van der Waals surface area contributed by atoms with Crippen molar-refractivity contribution in [2.75, 3.05) is 46.8 Å². The van der Waals surface area contributed by atoms with Crippen molar-refractivity contribution in [1.29, 1.82) is 0 Å². The molecule has 1 aliphatic rings. The second-order valence-electron chi connectivity index (χ2n) is 4.56. The molecule has 0 aromatic rings. The van der Waals surface area contributed by atoms with E-state index in [0.29, 0.717) is 26.1 Å². The van der Waals surface area contributed by atoms with Crippen molar-refractivity contribution >= 4 is 11.9 Å². The van der Waals surface area contributed by atoms with E-state index < -0.39 is 12.6 Å². The second-order valence-corrected chi connectivity index (χ2v) is 4.56. The molecule has 35 heavy (non-hydrogen) atoms. The molecule has 0 aromatic heterocycles. The van der Waals surface area contributed by atoms with Crippen LogP contribution in [0.1, 0.15) is 113 Å². The van der Waals surface area contributed by atoms with Crippen LogP contribution in [-0.4, -0.2) is 74.0 Å². The Morgan fingerprint density at radius 2 is 1.20 bits per heavy atom. The largest absolute Gasteiger partial charge is 0.466 e. The van der Waals surface area contributed by atoms with Gasteiger partial charge in [0, 0.05) is 105 Å². The molecule has 1 heterocycles. The molecular formula is C25H70O8Y2. The Balaban J connectivity index is -0.0000000136. The Hall–Kier alpha value is 0.988. The number of methoxy groups -OCH3 is 1. The van der Waals surface area contributed by atoms with Crippen molar-refractivity contribution in [2.24, 2.45) is 0 Å². The maximum absolute atomic E-state index is 10.5. The van der Waals surface area contributed by atoms with Crippen LogP contribution in [0.4, 0.5) is 0 Å². The molecule has 1 rings (SSSR count). The molecule has 0 atom stereocenters. The van der Waals surface area contributed by atoms with Gasteiger partial charge in [0.25, 0.3) is 0 Å². The minimum absolute atomic E-state index is 0. The Morgan fingerprint density at radius 1 is 0.771 bits per heavy atom. The van der Waals surface area contributed by atoms with E-state index in [9.17, 15) is 9.59 Å². The molecule has 3 N–H and O–H groups in total. The maximum Gasteiger partial charge on any atom is 0.331 e. The first-order chi connectivity index (χ1) is 11.1. The van der Waals surface area contributed by atoms with E-state index >= 15 is 0 Å². The second kappa shape index (κ2) is 83.6. The smallest absolute Gasteiger partial charge is 0.331 e. The van der Waals surface area contributed by atoms with E-state index in [1.165, 1.54) is 0 Å². The third-order valence-electron chi connectivity index (χ3n) is 2.49. The fourth-order valence-corrected chi connectivity index (χ4v) is 1.31. The Kier molecular flexibility index (Phi) is 218. The van der Waals surface area contributed by atoms with Crippen LogP contribution in [0.25, 0.3) is 0 Å². The number of rotatable bonds is 7. The van der Waals surface area contributed by atoms with E-state index in [2.05, 4.69) is 9.47 Å². The number of carbonyl (C=O) groups is 2. The summed E-state index contributed by atoms with van der Waals surface area (Å²) in [6, 6.07) is 0. The summed E-state index contributed by atoms with van der Waals surface area (Å²) in [5.41, 5.74) is 0. The number of ether oxygens (including phenoxy) is 3. The van der Waals surface area contributed by atoms with Gasteiger partial charge >= 0.3 is 11.9 Å². The van der Waals surface area contributed by atoms with Crippen LogP contribution in [0.3, 0.4) is 0 Å². The number of esters is 2. The van der Waals surface area contributed by atoms with Gasteiger partial charge in [-0.2, -0.15) is 0 Å². The number of hydrogen-bond acceptors (Lipinski definition) is 8. The zero-order valence-electron chi connectivity index (χ0n) is 15.0. The molecule has 1 fully saturated rings. The van der Waals surface area contributed by atoms with Gasteiger partial charge in [-0.3, -0.25) is 4.79 Å². The van der Waals surface area contributed by atoms with Crippen molar-refractivity contribution in [2.45, 2.75) is 113 Å². The molecule has 8 nitrogen and oxygen atoms in total. The normalized spacial score (nSPS) is 8.86. The van der Waals surface area contributed by atoms with Crippen molar-refractivity contribution in [3.8, 4) is 0 Å². The standard InChI is InChI=1S/C6H10O2.C5H10O4.C4H10O2.10CH4.2Y/c7-6-4-2-1-3-5-8-6;6-2-1-3-9-5(8)4-7;1-6-4-2-3-5;;;;;;;;;;;;/h1-5H2;6-7H,1-4H2;5H,2-4H2,1H3;10*1H4;;. The van der Waals surface area contributed by atoms with Crippen LogP contribution in [0, 0.1) is 0 Å². The molecule has 0 aromatic carbocycles. The predicted molar refractivity (Wildman–Crippen MR) is 150 cm³/mol. The molecular weight excluding hydrogens is 606 g/mol. The fraction of sp³-hybridized carbons (Fsp3) is 0.920. The quantitative estimate of drug-likeness (QED) is 0.210. The average Bonchev–Trinajstić information content (AvgIpc) is 2.81. The van der Waals surface area contributed by atoms with Gasteiger partial charge in [-0.15, -0.1) is 0 Å². The van der Waals surface area contributed by atoms with Crippen LogP contribution in [0.15, 0.2) is 0 Å². The van der Waals surface area contributed by atoms with Crippen molar-refractivity contribution < 1.29 is 105 Å². The first-order valence-corrected chi connectivity index (χ1v) is 7.75. The molecule has 224 valence electrons. The Morgan fingerprint density at radius 3 is 1.54 bits per heavy atom. The van der Waals surface area contributed by atoms with Gasteiger partial charge in [0.2, 0.25) is 0 Å². The van der Waals surface area contributed by atoms with Gasteiger partial charge in [-0.25, -0.2) is 4.79 Å². The molecule has 0 bridgehead atoms. The van der Waals surface area contributed by atoms with Gasteiger partial charge in [0.05, 0.1) is 13.2 Å². The number of aliphatic hydroxyl groups is 3. The Labute approximate surface area is 273 Å². The van der Waals surface area contributed by atoms with E-state index in [4.69, 9.17) is 20.1 Å². The predicted octanol–water partition coefficient (Wildman–Crippen LogP) is 6.38. The van der Waals surface area contributed by atoms with Gasteiger partial charge < -0.3 is 29.5 Å². The number of carbonyl (C=O) groups excluding carboxylic acids is 2. The van der Waals surface area contributed by atoms with E-state index in [1.807, 2.05) is 0 Å². The maximum atomic E-state index is 10.5. The molecule has 0 unspecified atom stereocenters. The number of hydrogen-bond donors (Lipinski definition) is 3. The van der Waals surface area contributed by atoms with E-state index in [0.717, 1.165) is 25.7 Å². The summed E-state index contributed by atoms with van der Waals surface area (Å²) in [5, 5.41) is 24.4. The van der Waals surface area contributed by atoms with Gasteiger partial charge in [0.15, 0.2) is 0 Å². The number of cyclic esters (lactones) is 1. The monoisotopic (exact) mass is 676 g/mol. The SMILES string of the molecule is C.C.C.C.C.C.C.C.C.C.COCCCO.O=C(CO)OCCCO.O=C1CCCCCO1.[Y].[Y]. The van der Waals surface area contributed by atoms with E-state index in [1.54, 1.807) is 7.11 Å². The van der Waals surface area contributed by atoms with Crippen LogP contribution in [-0.2, 0) is 89.2 Å². The van der Waals surface area contributed by atoms with Crippen LogP contribution >= 0.6 is 0 Å². The van der Waals surface area contributed by atoms with Gasteiger partial charge in [-0.05, 0) is 25.7 Å². The van der Waals surface area contributed by atoms with Crippen LogP contribution in [0.2, 0.25) is 0 Å². The first kappa shape index (κ1) is 91.1. The summed E-state index contributed by atoms with van der Waals surface area (Å²) < 4.78 is 13.8. The molecule has 10 heteroatoms. The summed E-state index contributed by atoms with van der Waals surface area (Å²) >= 11 is 0. The molecule has 0 spiro atoms. The Bertz CT molecular complexity index is 272. The van der Waals surface area contributed by atoms with Crippen LogP contribution in [0.5, 0.6) is 0 Å². The molecule has 0 aliphatic carbocycles. The van der Waals surface area contributed by atoms with Gasteiger partial charge in [0.1, 0.15) is 6.61 Å². The topological polar surface area (TPSA) is 123 Å². The molecule has 0 amide bonds. The first-order valence-electron chi connectivity index (χ1n) is 7.75. The van der Waals surface area contributed by atoms with Crippen molar-refractivity contribution in [3.05, 3.63) is 0 Å². The average molecular weight is 677 g/mol. The van der Waals surface area contributed by atoms with Crippen LogP contribution < -0.4 is 0 Å². The zero-order chi connectivity index (χ0) is 17.8. The van der Waals surface area contributed by atoms with Crippen molar-refractivity contribution in [1.82, 2.24) is 0 Å². The molecule has 1 saturated heterocycles. The summed E-state index contributed by atoms with van der Waals surface area (Å²) in [6.45, 7) is 1.11. The fourth-order valence-electron chi connectivity index (χ4n) is 1.31. The molecule has 0 saturated carbocycles. The molecule has 1 aliphatic heterocycles. The minimum atomic E-state index is -0.650. The summed E-state index contributed by atoms with van der Waals surface area (Å²) in [7, 11) is 1.62.